The van der Waals surface area contributed by atoms with Crippen LogP contribution in [0.5, 0.6) is 0 Å². The van der Waals surface area contributed by atoms with Crippen LogP contribution in [0.2, 0.25) is 0 Å². The van der Waals surface area contributed by atoms with Crippen molar-refractivity contribution in [3.8, 4) is 0 Å². The van der Waals surface area contributed by atoms with Crippen molar-refractivity contribution in [1.29, 1.82) is 0 Å². The van der Waals surface area contributed by atoms with E-state index in [9.17, 15) is 9.59 Å². The Labute approximate surface area is 119 Å². The minimum atomic E-state index is -0.466. The minimum Gasteiger partial charge on any atom is -0.465 e. The third-order valence-corrected chi connectivity index (χ3v) is 3.34. The van der Waals surface area contributed by atoms with Gasteiger partial charge in [-0.2, -0.15) is 5.10 Å². The van der Waals surface area contributed by atoms with E-state index in [4.69, 9.17) is 0 Å². The van der Waals surface area contributed by atoms with Crippen molar-refractivity contribution in [3.63, 3.8) is 0 Å². The molecule has 0 bridgehead atoms. The first-order chi connectivity index (χ1) is 9.60. The summed E-state index contributed by atoms with van der Waals surface area (Å²) in [5.74, 6) is -0.788. The van der Waals surface area contributed by atoms with Gasteiger partial charge in [-0.1, -0.05) is 0 Å². The van der Waals surface area contributed by atoms with Crippen molar-refractivity contribution in [2.45, 2.75) is 0 Å². The van der Waals surface area contributed by atoms with E-state index in [-0.39, 0.29) is 5.91 Å². The molecule has 0 aliphatic rings. The third-order valence-electron chi connectivity index (χ3n) is 2.45. The van der Waals surface area contributed by atoms with E-state index in [1.165, 1.54) is 24.5 Å². The summed E-state index contributed by atoms with van der Waals surface area (Å²) >= 11 is 1.22. The van der Waals surface area contributed by atoms with E-state index in [0.29, 0.717) is 10.6 Å². The van der Waals surface area contributed by atoms with E-state index in [1.54, 1.807) is 41.6 Å². The molecule has 2 heterocycles. The number of anilines is 1. The molecule has 0 radical (unpaired) electrons. The molecule has 1 amide bonds. The Morgan fingerprint density at radius 3 is 2.95 bits per heavy atom. The van der Waals surface area contributed by atoms with Crippen LogP contribution in [0.4, 0.5) is 5.69 Å². The first-order valence-corrected chi connectivity index (χ1v) is 6.61. The molecule has 0 aliphatic heterocycles. The van der Waals surface area contributed by atoms with Crippen LogP contribution in [0, 0.1) is 0 Å². The molecule has 0 atom stereocenters. The number of hydrogen-bond acceptors (Lipinski definition) is 5. The molecule has 0 spiro atoms. The van der Waals surface area contributed by atoms with E-state index >= 15 is 0 Å². The number of thiophene rings is 1. The molecule has 0 fully saturated rings. The second-order valence-electron chi connectivity index (χ2n) is 3.92. The highest BCUT2D eigenvalue weighted by molar-refractivity contribution is 7.12. The number of esters is 1. The van der Waals surface area contributed by atoms with Crippen molar-refractivity contribution < 1.29 is 14.3 Å². The van der Waals surface area contributed by atoms with Crippen LogP contribution in [-0.4, -0.2) is 28.8 Å². The number of ether oxygens (including phenoxy) is 1. The van der Waals surface area contributed by atoms with Gasteiger partial charge in [-0.15, -0.1) is 11.3 Å². The topological polar surface area (TPSA) is 73.2 Å². The molecule has 2 aromatic rings. The number of amides is 1. The number of aromatic nitrogens is 2. The van der Waals surface area contributed by atoms with Gasteiger partial charge in [-0.05, 0) is 17.5 Å². The number of hydrogen-bond donors (Lipinski definition) is 1. The summed E-state index contributed by atoms with van der Waals surface area (Å²) in [6.45, 7) is 0. The Morgan fingerprint density at radius 1 is 1.50 bits per heavy atom. The predicted molar refractivity (Wildman–Crippen MR) is 76.5 cm³/mol. The number of carbonyl (C=O) groups excluding carboxylic acids is 2. The summed E-state index contributed by atoms with van der Waals surface area (Å²) in [5.41, 5.74) is 1.27. The molecule has 20 heavy (non-hydrogen) atoms. The zero-order valence-corrected chi connectivity index (χ0v) is 11.8. The highest BCUT2D eigenvalue weighted by Crippen LogP contribution is 2.23. The lowest BCUT2D eigenvalue weighted by Gasteiger charge is -2.02. The third kappa shape index (κ3) is 3.33. The van der Waals surface area contributed by atoms with Crippen molar-refractivity contribution in [1.82, 2.24) is 9.78 Å². The molecule has 2 aromatic heterocycles. The average Bonchev–Trinajstić information content (AvgIpc) is 3.04. The van der Waals surface area contributed by atoms with Gasteiger partial charge in [0, 0.05) is 24.9 Å². The first-order valence-electron chi connectivity index (χ1n) is 5.73. The van der Waals surface area contributed by atoms with Crippen LogP contribution in [-0.2, 0) is 16.6 Å². The van der Waals surface area contributed by atoms with Gasteiger partial charge < -0.3 is 10.1 Å². The van der Waals surface area contributed by atoms with Gasteiger partial charge in [0.1, 0.15) is 4.88 Å². The Hall–Kier alpha value is -2.41. The highest BCUT2D eigenvalue weighted by atomic mass is 32.1. The summed E-state index contributed by atoms with van der Waals surface area (Å²) in [7, 11) is 3.10. The average molecular weight is 291 g/mol. The second kappa shape index (κ2) is 6.16. The Bertz CT molecular complexity index is 657. The largest absolute Gasteiger partial charge is 0.465 e. The summed E-state index contributed by atoms with van der Waals surface area (Å²) in [4.78, 5) is 23.6. The van der Waals surface area contributed by atoms with Gasteiger partial charge >= 0.3 is 5.97 Å². The molecule has 0 aromatic carbocycles. The molecular weight excluding hydrogens is 278 g/mol. The maximum absolute atomic E-state index is 11.8. The first kappa shape index (κ1) is 14.0. The summed E-state index contributed by atoms with van der Waals surface area (Å²) in [6, 6.07) is 1.66. The summed E-state index contributed by atoms with van der Waals surface area (Å²) in [5, 5.41) is 8.35. The quantitative estimate of drug-likeness (QED) is 0.690. The number of aryl methyl sites for hydroxylation is 1. The zero-order chi connectivity index (χ0) is 14.5. The number of carbonyl (C=O) groups is 2. The standard InChI is InChI=1S/C13H13N3O3S/c1-16-8-9(7-14-16)3-4-11(17)15-10-5-6-20-12(10)13(18)19-2/h3-8H,1-2H3,(H,15,17)/b4-3+. The minimum absolute atomic E-state index is 0.322. The molecule has 2 rings (SSSR count). The molecule has 0 unspecified atom stereocenters. The van der Waals surface area contributed by atoms with Gasteiger partial charge in [0.25, 0.3) is 0 Å². The molecule has 104 valence electrons. The predicted octanol–water partition coefficient (Wildman–Crippen LogP) is 1.92. The highest BCUT2D eigenvalue weighted by Gasteiger charge is 2.14. The molecule has 0 aliphatic carbocycles. The molecule has 0 saturated carbocycles. The van der Waals surface area contributed by atoms with Crippen molar-refractivity contribution >= 4 is 35.0 Å². The normalized spacial score (nSPS) is 10.7. The molecule has 0 saturated heterocycles. The smallest absolute Gasteiger partial charge is 0.350 e. The fraction of sp³-hybridized carbons (Fsp3) is 0.154. The number of methoxy groups -OCH3 is 1. The van der Waals surface area contributed by atoms with Crippen LogP contribution >= 0.6 is 11.3 Å². The Balaban J connectivity index is 2.03. The van der Waals surface area contributed by atoms with E-state index in [0.717, 1.165) is 5.56 Å². The fourth-order valence-corrected chi connectivity index (χ4v) is 2.30. The summed E-state index contributed by atoms with van der Waals surface area (Å²) < 4.78 is 6.28. The molecule has 6 nitrogen and oxygen atoms in total. The van der Waals surface area contributed by atoms with Crippen LogP contribution in [0.15, 0.2) is 29.9 Å². The van der Waals surface area contributed by atoms with Gasteiger partial charge in [0.2, 0.25) is 5.91 Å². The van der Waals surface area contributed by atoms with Gasteiger partial charge in [-0.25, -0.2) is 4.79 Å². The number of nitrogens with one attached hydrogen (secondary N) is 1. The van der Waals surface area contributed by atoms with Crippen LogP contribution < -0.4 is 5.32 Å². The second-order valence-corrected chi connectivity index (χ2v) is 4.84. The maximum Gasteiger partial charge on any atom is 0.350 e. The molecular formula is C13H13N3O3S. The maximum atomic E-state index is 11.8. The fourth-order valence-electron chi connectivity index (χ4n) is 1.53. The lowest BCUT2D eigenvalue weighted by molar-refractivity contribution is -0.111. The molecule has 7 heteroatoms. The van der Waals surface area contributed by atoms with Gasteiger partial charge in [0.15, 0.2) is 0 Å². The lowest BCUT2D eigenvalue weighted by Crippen LogP contribution is -2.10. The van der Waals surface area contributed by atoms with Crippen LogP contribution in [0.1, 0.15) is 15.2 Å². The van der Waals surface area contributed by atoms with Gasteiger partial charge in [-0.3, -0.25) is 9.48 Å². The SMILES string of the molecule is COC(=O)c1sccc1NC(=O)/C=C/c1cnn(C)c1. The van der Waals surface area contributed by atoms with Crippen LogP contribution in [0.3, 0.4) is 0 Å². The molecule has 1 N–H and O–H groups in total. The van der Waals surface area contributed by atoms with Crippen molar-refractivity contribution in [2.75, 3.05) is 12.4 Å². The van der Waals surface area contributed by atoms with E-state index < -0.39 is 5.97 Å². The number of rotatable bonds is 4. The number of nitrogens with zero attached hydrogens (tertiary/aromatic N) is 2. The van der Waals surface area contributed by atoms with Gasteiger partial charge in [0.05, 0.1) is 19.0 Å². The monoisotopic (exact) mass is 291 g/mol. The van der Waals surface area contributed by atoms with E-state index in [1.807, 2.05) is 0 Å². The Kier molecular flexibility index (Phi) is 4.31. The summed E-state index contributed by atoms with van der Waals surface area (Å²) in [6.07, 6.45) is 6.46. The van der Waals surface area contributed by atoms with E-state index in [2.05, 4.69) is 15.2 Å². The van der Waals surface area contributed by atoms with Crippen LogP contribution in [0.25, 0.3) is 6.08 Å². The van der Waals surface area contributed by atoms with Crippen molar-refractivity contribution in [3.05, 3.63) is 40.4 Å². The Morgan fingerprint density at radius 2 is 2.30 bits per heavy atom. The lowest BCUT2D eigenvalue weighted by atomic mass is 10.3. The van der Waals surface area contributed by atoms with Crippen molar-refractivity contribution in [2.24, 2.45) is 7.05 Å². The zero-order valence-electron chi connectivity index (χ0n) is 11.0.